The summed E-state index contributed by atoms with van der Waals surface area (Å²) in [7, 11) is 14.8. The Labute approximate surface area is 242 Å². The van der Waals surface area contributed by atoms with E-state index in [1.54, 1.807) is 0 Å². The summed E-state index contributed by atoms with van der Waals surface area (Å²) in [5.41, 5.74) is -5.45. The number of hydrogen-bond donors (Lipinski definition) is 6. The van der Waals surface area contributed by atoms with Gasteiger partial charge in [0.15, 0.2) is 16.2 Å². The SMILES string of the molecule is O=C(O)C1(C(=O)O)C=CN=CC1.O=C(O)C1(C(=O)O)C=CN=CC1.O=C(O)C1(C(=O)O)C=CN=CC1.[Cl][Ru]([Cl])[Cl]. The molecule has 0 spiro atoms. The number of hydrogen-bond acceptors (Lipinski definition) is 9. The van der Waals surface area contributed by atoms with Crippen molar-refractivity contribution in [3.05, 3.63) is 36.8 Å². The third kappa shape index (κ3) is 9.94. The van der Waals surface area contributed by atoms with Crippen molar-refractivity contribution < 1.29 is 72.4 Å². The van der Waals surface area contributed by atoms with Crippen molar-refractivity contribution in [1.29, 1.82) is 0 Å². The van der Waals surface area contributed by atoms with E-state index in [2.05, 4.69) is 15.0 Å². The van der Waals surface area contributed by atoms with E-state index in [1.165, 1.54) is 37.2 Å². The van der Waals surface area contributed by atoms with E-state index >= 15 is 0 Å². The third-order valence-corrected chi connectivity index (χ3v) is 5.18. The molecule has 19 heteroatoms. The van der Waals surface area contributed by atoms with Crippen molar-refractivity contribution in [2.45, 2.75) is 19.3 Å². The topological polar surface area (TPSA) is 261 Å². The van der Waals surface area contributed by atoms with E-state index in [1.807, 2.05) is 0 Å². The van der Waals surface area contributed by atoms with Crippen molar-refractivity contribution in [3.8, 4) is 0 Å². The minimum absolute atomic E-state index is 0.103. The van der Waals surface area contributed by atoms with Crippen LogP contribution in [0.15, 0.2) is 51.8 Å². The second-order valence-electron chi connectivity index (χ2n) is 7.45. The van der Waals surface area contributed by atoms with Crippen LogP contribution in [0.2, 0.25) is 0 Å². The molecule has 0 aromatic rings. The molecule has 0 aromatic carbocycles. The van der Waals surface area contributed by atoms with Crippen LogP contribution < -0.4 is 0 Å². The molecule has 40 heavy (non-hydrogen) atoms. The average molecular weight is 715 g/mol. The van der Waals surface area contributed by atoms with Crippen LogP contribution in [0.4, 0.5) is 0 Å². The maximum atomic E-state index is 10.6. The van der Waals surface area contributed by atoms with Gasteiger partial charge in [0, 0.05) is 56.5 Å². The molecule has 3 heterocycles. The Kier molecular flexibility index (Phi) is 15.2. The minimum atomic E-state index is -1.82. The van der Waals surface area contributed by atoms with Crippen molar-refractivity contribution in [2.24, 2.45) is 31.2 Å². The Morgan fingerprint density at radius 1 is 0.500 bits per heavy atom. The molecule has 6 N–H and O–H groups in total. The zero-order chi connectivity index (χ0) is 31.1. The van der Waals surface area contributed by atoms with Gasteiger partial charge in [0.2, 0.25) is 0 Å². The second-order valence-corrected chi connectivity index (χ2v) is 15.4. The van der Waals surface area contributed by atoms with Gasteiger partial charge in [0.25, 0.3) is 0 Å². The molecule has 221 valence electrons. The van der Waals surface area contributed by atoms with E-state index < -0.39 is 65.0 Å². The molecule has 0 amide bonds. The summed E-state index contributed by atoms with van der Waals surface area (Å²) < 4.78 is 0. The van der Waals surface area contributed by atoms with Gasteiger partial charge in [-0.3, -0.25) is 43.7 Å². The Hall–Kier alpha value is -3.46. The molecule has 0 atom stereocenters. The average Bonchev–Trinajstić information content (AvgIpc) is 2.89. The molecule has 0 saturated carbocycles. The summed E-state index contributed by atoms with van der Waals surface area (Å²) in [5, 5.41) is 52.0. The van der Waals surface area contributed by atoms with Gasteiger partial charge in [-0.1, -0.05) is 0 Å². The molecule has 0 aliphatic carbocycles. The molecule has 0 unspecified atom stereocenters. The first-order chi connectivity index (χ1) is 18.5. The zero-order valence-electron chi connectivity index (χ0n) is 19.8. The first-order valence-corrected chi connectivity index (χ1v) is 16.9. The van der Waals surface area contributed by atoms with Gasteiger partial charge < -0.3 is 30.6 Å². The van der Waals surface area contributed by atoms with Crippen LogP contribution in [0, 0.1) is 16.2 Å². The quantitative estimate of drug-likeness (QED) is 0.171. The number of carboxylic acid groups (broad SMARTS) is 6. The Morgan fingerprint density at radius 2 is 0.675 bits per heavy atom. The molecule has 0 bridgehead atoms. The molecule has 0 fully saturated rings. The number of rotatable bonds is 6. The number of nitrogens with zero attached hydrogens (tertiary/aromatic N) is 3. The van der Waals surface area contributed by atoms with E-state index in [0.29, 0.717) is 0 Å². The van der Waals surface area contributed by atoms with Gasteiger partial charge in [-0.25, -0.2) is 0 Å². The summed E-state index contributed by atoms with van der Waals surface area (Å²) in [4.78, 5) is 74.6. The summed E-state index contributed by atoms with van der Waals surface area (Å²) >= 11 is -1.75. The molecule has 0 radical (unpaired) electrons. The molecular formula is C21H21Cl3N3O12Ru. The summed E-state index contributed by atoms with van der Waals surface area (Å²) in [6.07, 6.45) is 10.3. The Morgan fingerprint density at radius 3 is 0.750 bits per heavy atom. The standard InChI is InChI=1S/3C7H7NO4.3ClH.Ru/c3*9-5(10)7(6(11)12)1-3-8-4-2-7;;;;/h3*1,3-4H,2H2,(H,9,10)(H,11,12);3*1H;/q;;;;;;+3/p-3. The van der Waals surface area contributed by atoms with Gasteiger partial charge in [-0.05, 0) is 18.2 Å². The Bertz CT molecular complexity index is 998. The van der Waals surface area contributed by atoms with Crippen LogP contribution in [-0.2, 0) is 41.7 Å². The van der Waals surface area contributed by atoms with Crippen LogP contribution in [0.25, 0.3) is 0 Å². The van der Waals surface area contributed by atoms with E-state index in [0.717, 1.165) is 18.2 Å². The number of carbonyl (C=O) groups is 6. The molecule has 0 saturated heterocycles. The number of aliphatic imine (C=N–C) groups is 3. The second kappa shape index (κ2) is 16.6. The van der Waals surface area contributed by atoms with Crippen molar-refractivity contribution in [1.82, 2.24) is 0 Å². The first-order valence-electron chi connectivity index (χ1n) is 10.2. The number of carboxylic acids is 6. The van der Waals surface area contributed by atoms with Crippen LogP contribution in [0.1, 0.15) is 19.3 Å². The third-order valence-electron chi connectivity index (χ3n) is 5.18. The van der Waals surface area contributed by atoms with Crippen LogP contribution >= 0.6 is 29.1 Å². The summed E-state index contributed by atoms with van der Waals surface area (Å²) in [5.74, 6) is -8.18. The van der Waals surface area contributed by atoms with Gasteiger partial charge in [0.05, 0.1) is 0 Å². The molecule has 3 aliphatic rings. The van der Waals surface area contributed by atoms with Gasteiger partial charge in [0.1, 0.15) is 0 Å². The van der Waals surface area contributed by atoms with Crippen LogP contribution in [-0.4, -0.2) is 85.1 Å². The molecule has 15 nitrogen and oxygen atoms in total. The van der Waals surface area contributed by atoms with E-state index in [4.69, 9.17) is 59.7 Å². The molecule has 3 rings (SSSR count). The Balaban J connectivity index is 0.000000534. The van der Waals surface area contributed by atoms with E-state index in [9.17, 15) is 28.8 Å². The number of aliphatic carboxylic acids is 6. The van der Waals surface area contributed by atoms with E-state index in [-0.39, 0.29) is 19.3 Å². The predicted octanol–water partition coefficient (Wildman–Crippen LogP) is 2.46. The monoisotopic (exact) mass is 714 g/mol. The summed E-state index contributed by atoms with van der Waals surface area (Å²) in [6, 6.07) is 0. The fourth-order valence-corrected chi connectivity index (χ4v) is 2.71. The van der Waals surface area contributed by atoms with Gasteiger partial charge >= 0.3 is 77.9 Å². The summed E-state index contributed by atoms with van der Waals surface area (Å²) in [6.45, 7) is 0. The molecule has 0 aromatic heterocycles. The van der Waals surface area contributed by atoms with Crippen molar-refractivity contribution in [2.75, 3.05) is 0 Å². The predicted molar refractivity (Wildman–Crippen MR) is 137 cm³/mol. The van der Waals surface area contributed by atoms with Crippen molar-refractivity contribution >= 4 is 83.5 Å². The molecular weight excluding hydrogens is 694 g/mol. The molecule has 3 aliphatic heterocycles. The van der Waals surface area contributed by atoms with Crippen LogP contribution in [0.5, 0.6) is 0 Å². The number of halogens is 3. The zero-order valence-corrected chi connectivity index (χ0v) is 23.8. The fourth-order valence-electron chi connectivity index (χ4n) is 2.71. The maximum absolute atomic E-state index is 10.6. The van der Waals surface area contributed by atoms with Gasteiger partial charge in [-0.15, -0.1) is 0 Å². The normalized spacial score (nSPS) is 18.2. The van der Waals surface area contributed by atoms with Crippen molar-refractivity contribution in [3.63, 3.8) is 0 Å². The van der Waals surface area contributed by atoms with Crippen LogP contribution in [0.3, 0.4) is 0 Å². The fraction of sp³-hybridized carbons (Fsp3) is 0.286. The van der Waals surface area contributed by atoms with Gasteiger partial charge in [-0.2, -0.15) is 0 Å². The first kappa shape index (κ1) is 36.5.